The SMILES string of the molecule is CC(NS(=O)(=O)CCCN1CCOCC1)c1cc2nc(-c3cccc4[nH]ncc34)nc(N3CCOCC3)c2s1. The number of benzene rings is 1. The van der Waals surface area contributed by atoms with Crippen LogP contribution in [0.5, 0.6) is 0 Å². The minimum atomic E-state index is -3.44. The number of aromatic amines is 1. The van der Waals surface area contributed by atoms with Crippen molar-refractivity contribution in [3.63, 3.8) is 0 Å². The van der Waals surface area contributed by atoms with Gasteiger partial charge in [-0.2, -0.15) is 5.10 Å². The molecule has 2 aliphatic rings. The van der Waals surface area contributed by atoms with Crippen molar-refractivity contribution in [2.45, 2.75) is 19.4 Å². The lowest BCUT2D eigenvalue weighted by molar-refractivity contribution is 0.0381. The van der Waals surface area contributed by atoms with Crippen LogP contribution in [0.3, 0.4) is 0 Å². The highest BCUT2D eigenvalue weighted by atomic mass is 32.2. The number of sulfonamides is 1. The summed E-state index contributed by atoms with van der Waals surface area (Å²) in [6.45, 7) is 8.52. The molecule has 0 aliphatic carbocycles. The molecule has 1 atom stereocenters. The first-order valence-corrected chi connectivity index (χ1v) is 15.8. The molecule has 208 valence electrons. The van der Waals surface area contributed by atoms with Gasteiger partial charge in [-0.05, 0) is 32.0 Å². The summed E-state index contributed by atoms with van der Waals surface area (Å²) in [7, 11) is -3.44. The van der Waals surface area contributed by atoms with Crippen molar-refractivity contribution in [1.29, 1.82) is 0 Å². The van der Waals surface area contributed by atoms with Crippen LogP contribution in [0.1, 0.15) is 24.3 Å². The fourth-order valence-electron chi connectivity index (χ4n) is 5.11. The van der Waals surface area contributed by atoms with Crippen molar-refractivity contribution < 1.29 is 17.9 Å². The third kappa shape index (κ3) is 5.93. The topological polar surface area (TPSA) is 126 Å². The molecule has 1 aromatic carbocycles. The summed E-state index contributed by atoms with van der Waals surface area (Å²) in [5.41, 5.74) is 2.63. The average Bonchev–Trinajstić information content (AvgIpc) is 3.61. The highest BCUT2D eigenvalue weighted by molar-refractivity contribution is 7.89. The zero-order valence-electron chi connectivity index (χ0n) is 21.9. The summed E-state index contributed by atoms with van der Waals surface area (Å²) < 4.78 is 40.6. The number of anilines is 1. The third-order valence-corrected chi connectivity index (χ3v) is 10.0. The van der Waals surface area contributed by atoms with Crippen LogP contribution in [0.2, 0.25) is 0 Å². The van der Waals surface area contributed by atoms with Gasteiger partial charge in [0.15, 0.2) is 11.6 Å². The van der Waals surface area contributed by atoms with Crippen LogP contribution in [0.25, 0.3) is 32.5 Å². The van der Waals surface area contributed by atoms with E-state index in [9.17, 15) is 8.42 Å². The molecule has 0 bridgehead atoms. The lowest BCUT2D eigenvalue weighted by atomic mass is 10.1. The molecule has 0 amide bonds. The van der Waals surface area contributed by atoms with Crippen molar-refractivity contribution in [2.24, 2.45) is 0 Å². The quantitative estimate of drug-likeness (QED) is 0.312. The maximum Gasteiger partial charge on any atom is 0.212 e. The number of rotatable bonds is 9. The van der Waals surface area contributed by atoms with E-state index in [1.165, 1.54) is 0 Å². The van der Waals surface area contributed by atoms with Crippen molar-refractivity contribution in [1.82, 2.24) is 29.8 Å². The fraction of sp³-hybridized carbons (Fsp3) is 0.500. The molecule has 6 rings (SSSR count). The summed E-state index contributed by atoms with van der Waals surface area (Å²) in [4.78, 5) is 15.4. The first-order valence-electron chi connectivity index (χ1n) is 13.3. The first-order chi connectivity index (χ1) is 19.0. The van der Waals surface area contributed by atoms with Gasteiger partial charge in [0.05, 0.1) is 60.2 Å². The Morgan fingerprint density at radius 3 is 2.67 bits per heavy atom. The zero-order chi connectivity index (χ0) is 26.8. The lowest BCUT2D eigenvalue weighted by Gasteiger charge is -2.28. The smallest absolute Gasteiger partial charge is 0.212 e. The van der Waals surface area contributed by atoms with E-state index in [0.717, 1.165) is 70.1 Å². The summed E-state index contributed by atoms with van der Waals surface area (Å²) >= 11 is 1.55. The second kappa shape index (κ2) is 11.4. The molecule has 0 radical (unpaired) electrons. The predicted molar refractivity (Wildman–Crippen MR) is 153 cm³/mol. The van der Waals surface area contributed by atoms with Gasteiger partial charge in [-0.25, -0.2) is 23.1 Å². The highest BCUT2D eigenvalue weighted by Crippen LogP contribution is 2.37. The molecular formula is C26H33N7O4S2. The molecule has 1 unspecified atom stereocenters. The van der Waals surface area contributed by atoms with Gasteiger partial charge in [0, 0.05) is 42.0 Å². The second-order valence-electron chi connectivity index (χ2n) is 9.94. The zero-order valence-corrected chi connectivity index (χ0v) is 23.6. The number of thiophene rings is 1. The van der Waals surface area contributed by atoms with Crippen molar-refractivity contribution in [2.75, 3.05) is 69.8 Å². The van der Waals surface area contributed by atoms with E-state index in [1.54, 1.807) is 17.5 Å². The van der Waals surface area contributed by atoms with Crippen LogP contribution >= 0.6 is 11.3 Å². The van der Waals surface area contributed by atoms with E-state index in [-0.39, 0.29) is 11.8 Å². The van der Waals surface area contributed by atoms with Crippen molar-refractivity contribution in [3.8, 4) is 11.4 Å². The Morgan fingerprint density at radius 1 is 1.10 bits per heavy atom. The molecule has 5 heterocycles. The van der Waals surface area contributed by atoms with E-state index < -0.39 is 10.0 Å². The number of hydrogen-bond donors (Lipinski definition) is 2. The maximum absolute atomic E-state index is 12.9. The largest absolute Gasteiger partial charge is 0.379 e. The molecule has 0 saturated carbocycles. The van der Waals surface area contributed by atoms with Gasteiger partial charge in [0.2, 0.25) is 10.0 Å². The molecule has 3 aromatic heterocycles. The number of morpholine rings is 2. The molecular weight excluding hydrogens is 538 g/mol. The number of nitrogens with zero attached hydrogens (tertiary/aromatic N) is 5. The van der Waals surface area contributed by atoms with Crippen molar-refractivity contribution in [3.05, 3.63) is 35.3 Å². The summed E-state index contributed by atoms with van der Waals surface area (Å²) in [5.74, 6) is 1.57. The normalized spacial score (nSPS) is 18.2. The Morgan fingerprint density at radius 2 is 1.87 bits per heavy atom. The summed E-state index contributed by atoms with van der Waals surface area (Å²) in [5, 5.41) is 8.16. The molecule has 11 nitrogen and oxygen atoms in total. The molecule has 2 fully saturated rings. The van der Waals surface area contributed by atoms with E-state index in [1.807, 2.05) is 31.2 Å². The van der Waals surface area contributed by atoms with E-state index in [2.05, 4.69) is 24.7 Å². The van der Waals surface area contributed by atoms with Gasteiger partial charge in [-0.15, -0.1) is 11.3 Å². The van der Waals surface area contributed by atoms with Gasteiger partial charge in [-0.1, -0.05) is 12.1 Å². The molecule has 2 N–H and O–H groups in total. The minimum absolute atomic E-state index is 0.0945. The summed E-state index contributed by atoms with van der Waals surface area (Å²) in [6.07, 6.45) is 2.38. The Hall–Kier alpha value is -2.68. The van der Waals surface area contributed by atoms with Gasteiger partial charge < -0.3 is 14.4 Å². The molecule has 2 saturated heterocycles. The van der Waals surface area contributed by atoms with Crippen molar-refractivity contribution >= 4 is 48.3 Å². The highest BCUT2D eigenvalue weighted by Gasteiger charge is 2.24. The van der Waals surface area contributed by atoms with Crippen LogP contribution in [0, 0.1) is 0 Å². The van der Waals surface area contributed by atoms with Gasteiger partial charge in [-0.3, -0.25) is 10.00 Å². The minimum Gasteiger partial charge on any atom is -0.379 e. The number of aromatic nitrogens is 4. The van der Waals surface area contributed by atoms with Gasteiger partial charge in [0.25, 0.3) is 0 Å². The number of fused-ring (bicyclic) bond motifs is 2. The van der Waals surface area contributed by atoms with E-state index in [0.29, 0.717) is 38.7 Å². The molecule has 0 spiro atoms. The maximum atomic E-state index is 12.9. The number of nitrogens with one attached hydrogen (secondary N) is 2. The monoisotopic (exact) mass is 571 g/mol. The van der Waals surface area contributed by atoms with Gasteiger partial charge in [0.1, 0.15) is 0 Å². The fourth-order valence-corrected chi connectivity index (χ4v) is 7.59. The average molecular weight is 572 g/mol. The van der Waals surface area contributed by atoms with Crippen LogP contribution in [-0.4, -0.2) is 98.4 Å². The first kappa shape index (κ1) is 26.5. The molecule has 13 heteroatoms. The summed E-state index contributed by atoms with van der Waals surface area (Å²) in [6, 6.07) is 7.56. The number of H-pyrrole nitrogens is 1. The number of ether oxygens (including phenoxy) is 2. The predicted octanol–water partition coefficient (Wildman–Crippen LogP) is 2.77. The van der Waals surface area contributed by atoms with Crippen LogP contribution < -0.4 is 9.62 Å². The van der Waals surface area contributed by atoms with Crippen LogP contribution in [0.15, 0.2) is 30.5 Å². The number of hydrogen-bond acceptors (Lipinski definition) is 10. The molecule has 4 aromatic rings. The third-order valence-electron chi connectivity index (χ3n) is 7.18. The Labute approximate surface area is 231 Å². The van der Waals surface area contributed by atoms with Gasteiger partial charge >= 0.3 is 0 Å². The Bertz CT molecular complexity index is 1540. The van der Waals surface area contributed by atoms with Crippen LogP contribution in [-0.2, 0) is 19.5 Å². The van der Waals surface area contributed by atoms with E-state index in [4.69, 9.17) is 19.4 Å². The standard InChI is InChI=1S/C26H33N7O4S2/c1-18(31-39(34,35)15-3-6-32-7-11-36-12-8-32)23-16-22-24(38-23)26(33-9-13-37-14-10-33)29-25(28-22)19-4-2-5-21-20(19)17-27-30-21/h2,4-5,16-18,31H,3,6-15H2,1H3,(H,27,30). The molecule has 2 aliphatic heterocycles. The van der Waals surface area contributed by atoms with Crippen LogP contribution in [0.4, 0.5) is 5.82 Å². The molecule has 39 heavy (non-hydrogen) atoms. The lowest BCUT2D eigenvalue weighted by Crippen LogP contribution is -2.38. The Kier molecular flexibility index (Phi) is 7.78. The Balaban J connectivity index is 1.27. The second-order valence-corrected chi connectivity index (χ2v) is 12.9. The van der Waals surface area contributed by atoms with E-state index >= 15 is 0 Å².